The Hall–Kier alpha value is -1.19. The molecule has 0 atom stereocenters. The highest BCUT2D eigenvalue weighted by molar-refractivity contribution is 9.10. The number of para-hydroxylation sites is 2. The number of phenolic OH excluding ortho intramolecular Hbond substituents is 1. The molecule has 0 spiro atoms. The fourth-order valence-electron chi connectivity index (χ4n) is 1.50. The summed E-state index contributed by atoms with van der Waals surface area (Å²) < 4.78 is 0.691. The largest absolute Gasteiger partial charge is 0.506 e. The van der Waals surface area contributed by atoms with Crippen molar-refractivity contribution in [3.05, 3.63) is 57.5 Å². The van der Waals surface area contributed by atoms with Gasteiger partial charge in [-0.15, -0.1) is 0 Å². The monoisotopic (exact) mass is 311 g/mol. The second-order valence-corrected chi connectivity index (χ2v) is 4.84. The summed E-state index contributed by atoms with van der Waals surface area (Å²) in [5.74, 6) is 0.257. The van der Waals surface area contributed by atoms with Crippen LogP contribution in [0, 0.1) is 0 Å². The number of phenols is 1. The van der Waals surface area contributed by atoms with Crippen molar-refractivity contribution in [1.82, 2.24) is 0 Å². The van der Waals surface area contributed by atoms with E-state index in [9.17, 15) is 5.11 Å². The van der Waals surface area contributed by atoms with Gasteiger partial charge in [0, 0.05) is 12.1 Å². The zero-order valence-corrected chi connectivity index (χ0v) is 11.3. The molecule has 2 N–H and O–H groups in total. The smallest absolute Gasteiger partial charge is 0.134 e. The lowest BCUT2D eigenvalue weighted by Gasteiger charge is -2.10. The Morgan fingerprint density at radius 3 is 2.65 bits per heavy atom. The molecule has 2 nitrogen and oxygen atoms in total. The molecule has 2 aromatic carbocycles. The van der Waals surface area contributed by atoms with Gasteiger partial charge in [0.25, 0.3) is 0 Å². The van der Waals surface area contributed by atoms with Crippen LogP contribution in [0.1, 0.15) is 5.56 Å². The van der Waals surface area contributed by atoms with Gasteiger partial charge in [-0.3, -0.25) is 0 Å². The molecule has 0 heterocycles. The minimum atomic E-state index is 0.257. The van der Waals surface area contributed by atoms with Gasteiger partial charge in [-0.05, 0) is 34.1 Å². The normalized spacial score (nSPS) is 10.2. The number of rotatable bonds is 3. The van der Waals surface area contributed by atoms with E-state index in [4.69, 9.17) is 11.6 Å². The molecule has 0 aliphatic carbocycles. The van der Waals surface area contributed by atoms with Crippen molar-refractivity contribution in [2.75, 3.05) is 5.32 Å². The molecule has 0 amide bonds. The molecule has 0 saturated heterocycles. The molecule has 0 fully saturated rings. The van der Waals surface area contributed by atoms with Crippen LogP contribution in [0.4, 0.5) is 5.69 Å². The van der Waals surface area contributed by atoms with Crippen molar-refractivity contribution >= 4 is 33.2 Å². The predicted octanol–water partition coefficient (Wildman–Crippen LogP) is 4.42. The van der Waals surface area contributed by atoms with Crippen molar-refractivity contribution in [3.8, 4) is 5.75 Å². The summed E-state index contributed by atoms with van der Waals surface area (Å²) >= 11 is 9.31. The molecule has 0 radical (unpaired) electrons. The van der Waals surface area contributed by atoms with Crippen LogP contribution in [0.2, 0.25) is 5.02 Å². The van der Waals surface area contributed by atoms with Gasteiger partial charge in [-0.25, -0.2) is 0 Å². The van der Waals surface area contributed by atoms with Crippen LogP contribution >= 0.6 is 27.5 Å². The summed E-state index contributed by atoms with van der Waals surface area (Å²) in [5.41, 5.74) is 1.67. The average Bonchev–Trinajstić information content (AvgIpc) is 2.33. The minimum Gasteiger partial charge on any atom is -0.506 e. The molecule has 0 unspecified atom stereocenters. The molecule has 17 heavy (non-hydrogen) atoms. The van der Waals surface area contributed by atoms with Crippen molar-refractivity contribution in [2.24, 2.45) is 0 Å². The third kappa shape index (κ3) is 2.93. The Kier molecular flexibility index (Phi) is 3.92. The number of hydrogen-bond donors (Lipinski definition) is 2. The van der Waals surface area contributed by atoms with E-state index < -0.39 is 0 Å². The quantitative estimate of drug-likeness (QED) is 0.879. The highest BCUT2D eigenvalue weighted by atomic mass is 79.9. The summed E-state index contributed by atoms with van der Waals surface area (Å²) in [4.78, 5) is 0. The average molecular weight is 313 g/mol. The number of hydrogen-bond acceptors (Lipinski definition) is 2. The lowest BCUT2D eigenvalue weighted by atomic mass is 10.2. The van der Waals surface area contributed by atoms with E-state index in [1.807, 2.05) is 36.4 Å². The van der Waals surface area contributed by atoms with Crippen LogP contribution in [0.25, 0.3) is 0 Å². The molecule has 0 aromatic heterocycles. The third-order valence-corrected chi connectivity index (χ3v) is 3.38. The van der Waals surface area contributed by atoms with Gasteiger partial charge in [0.05, 0.1) is 15.2 Å². The summed E-state index contributed by atoms with van der Waals surface area (Å²) in [7, 11) is 0. The third-order valence-electron chi connectivity index (χ3n) is 2.41. The van der Waals surface area contributed by atoms with E-state index in [1.54, 1.807) is 6.07 Å². The lowest BCUT2D eigenvalue weighted by Crippen LogP contribution is -2.00. The molecule has 0 saturated carbocycles. The Labute approximate surface area is 113 Å². The first-order chi connectivity index (χ1) is 8.18. The molecule has 88 valence electrons. The van der Waals surface area contributed by atoms with Crippen LogP contribution in [-0.4, -0.2) is 5.11 Å². The molecule has 0 aliphatic heterocycles. The van der Waals surface area contributed by atoms with Crippen molar-refractivity contribution in [1.29, 1.82) is 0 Å². The van der Waals surface area contributed by atoms with Crippen LogP contribution in [0.3, 0.4) is 0 Å². The Morgan fingerprint density at radius 1 is 1.12 bits per heavy atom. The Bertz CT molecular complexity index is 531. The number of benzene rings is 2. The molecule has 2 rings (SSSR count). The first kappa shape index (κ1) is 12.3. The zero-order chi connectivity index (χ0) is 12.3. The van der Waals surface area contributed by atoms with E-state index in [0.29, 0.717) is 16.0 Å². The van der Waals surface area contributed by atoms with Crippen molar-refractivity contribution < 1.29 is 5.11 Å². The predicted molar refractivity (Wildman–Crippen MR) is 74.6 cm³/mol. The van der Waals surface area contributed by atoms with Gasteiger partial charge in [0.15, 0.2) is 0 Å². The topological polar surface area (TPSA) is 32.3 Å². The number of nitrogens with one attached hydrogen (secondary N) is 1. The Balaban J connectivity index is 2.13. The lowest BCUT2D eigenvalue weighted by molar-refractivity contribution is 0.465. The number of halogens is 2. The second kappa shape index (κ2) is 5.43. The highest BCUT2D eigenvalue weighted by Crippen LogP contribution is 2.28. The molecule has 0 aliphatic rings. The van der Waals surface area contributed by atoms with E-state index >= 15 is 0 Å². The van der Waals surface area contributed by atoms with Crippen LogP contribution in [0.15, 0.2) is 46.9 Å². The molecule has 4 heteroatoms. The van der Waals surface area contributed by atoms with Crippen LogP contribution in [-0.2, 0) is 6.54 Å². The van der Waals surface area contributed by atoms with E-state index in [0.717, 1.165) is 11.3 Å². The molecule has 0 bridgehead atoms. The number of anilines is 1. The van der Waals surface area contributed by atoms with Crippen LogP contribution < -0.4 is 5.32 Å². The standard InChI is InChI=1S/C13H11BrClNO/c14-10-5-3-4-9(13(10)17)8-16-12-7-2-1-6-11(12)15/h1-7,16-17H,8H2. The maximum Gasteiger partial charge on any atom is 0.134 e. The molecular weight excluding hydrogens is 302 g/mol. The zero-order valence-electron chi connectivity index (χ0n) is 8.95. The number of aromatic hydroxyl groups is 1. The maximum absolute atomic E-state index is 9.83. The van der Waals surface area contributed by atoms with Gasteiger partial charge >= 0.3 is 0 Å². The fraction of sp³-hybridized carbons (Fsp3) is 0.0769. The highest BCUT2D eigenvalue weighted by Gasteiger charge is 2.05. The van der Waals surface area contributed by atoms with Crippen molar-refractivity contribution in [3.63, 3.8) is 0 Å². The van der Waals surface area contributed by atoms with Gasteiger partial charge in [0.2, 0.25) is 0 Å². The van der Waals surface area contributed by atoms with Gasteiger partial charge < -0.3 is 10.4 Å². The second-order valence-electron chi connectivity index (χ2n) is 3.58. The van der Waals surface area contributed by atoms with Gasteiger partial charge in [0.1, 0.15) is 5.75 Å². The summed E-state index contributed by atoms with van der Waals surface area (Å²) in [5, 5.41) is 13.7. The first-order valence-corrected chi connectivity index (χ1v) is 6.30. The SMILES string of the molecule is Oc1c(Br)cccc1CNc1ccccc1Cl. The van der Waals surface area contributed by atoms with Gasteiger partial charge in [-0.2, -0.15) is 0 Å². The maximum atomic E-state index is 9.83. The van der Waals surface area contributed by atoms with E-state index in [-0.39, 0.29) is 5.75 Å². The minimum absolute atomic E-state index is 0.257. The fourth-order valence-corrected chi connectivity index (χ4v) is 2.11. The summed E-state index contributed by atoms with van der Waals surface area (Å²) in [6.45, 7) is 0.523. The van der Waals surface area contributed by atoms with Gasteiger partial charge in [-0.1, -0.05) is 35.9 Å². The van der Waals surface area contributed by atoms with Crippen LogP contribution in [0.5, 0.6) is 5.75 Å². The molecular formula is C13H11BrClNO. The van der Waals surface area contributed by atoms with E-state index in [1.165, 1.54) is 0 Å². The summed E-state index contributed by atoms with van der Waals surface area (Å²) in [6.07, 6.45) is 0. The first-order valence-electron chi connectivity index (χ1n) is 5.13. The molecule has 2 aromatic rings. The van der Waals surface area contributed by atoms with E-state index in [2.05, 4.69) is 21.2 Å². The Morgan fingerprint density at radius 2 is 1.88 bits per heavy atom. The van der Waals surface area contributed by atoms with Crippen molar-refractivity contribution in [2.45, 2.75) is 6.54 Å². The summed E-state index contributed by atoms with van der Waals surface area (Å²) in [6, 6.07) is 13.1.